The van der Waals surface area contributed by atoms with Crippen molar-refractivity contribution >= 4 is 35.7 Å². The number of carbonyl (C=O) groups is 2. The Hall–Kier alpha value is -1.26. The number of halogens is 3. The number of nitrogens with zero attached hydrogens (tertiary/aromatic N) is 1. The van der Waals surface area contributed by atoms with E-state index in [-0.39, 0.29) is 37.3 Å². The summed E-state index contributed by atoms with van der Waals surface area (Å²) in [6.45, 7) is 16.9. The number of hydrogen-bond acceptors (Lipinski definition) is 6. The highest BCUT2D eigenvalue weighted by Gasteiger charge is 2.37. The Bertz CT molecular complexity index is 895. The zero-order valence-corrected chi connectivity index (χ0v) is 30.6. The predicted molar refractivity (Wildman–Crippen MR) is 188 cm³/mol. The molecule has 1 aromatic carbocycles. The summed E-state index contributed by atoms with van der Waals surface area (Å²) >= 11 is 7.82. The van der Waals surface area contributed by atoms with Gasteiger partial charge in [0.05, 0.1) is 17.9 Å². The number of benzene rings is 1. The van der Waals surface area contributed by atoms with E-state index in [1.54, 1.807) is 13.8 Å². The molecule has 10 heteroatoms. The first-order valence-electron chi connectivity index (χ1n) is 16.9. The topological polar surface area (TPSA) is 81.7 Å². The maximum absolute atomic E-state index is 12.9. The molecule has 1 unspecified atom stereocenters. The molecule has 1 aromatic rings. The van der Waals surface area contributed by atoms with Gasteiger partial charge in [-0.15, -0.1) is 0 Å². The molecule has 1 saturated heterocycles. The molecule has 1 aliphatic carbocycles. The maximum atomic E-state index is 12.9. The van der Waals surface area contributed by atoms with Crippen molar-refractivity contribution in [3.63, 3.8) is 0 Å². The van der Waals surface area contributed by atoms with Crippen molar-refractivity contribution in [1.82, 2.24) is 14.9 Å². The van der Waals surface area contributed by atoms with Gasteiger partial charge in [-0.25, -0.2) is 13.1 Å². The Morgan fingerprint density at radius 2 is 1.69 bits per heavy atom. The zero-order chi connectivity index (χ0) is 34.3. The molecule has 0 bridgehead atoms. The molecular weight excluding hydrogens is 616 g/mol. The molecule has 3 rings (SSSR count). The fourth-order valence-electron chi connectivity index (χ4n) is 4.32. The second kappa shape index (κ2) is 24.9. The van der Waals surface area contributed by atoms with E-state index in [2.05, 4.69) is 47.8 Å². The Balaban J connectivity index is 0.000000638. The highest BCUT2D eigenvalue weighted by Crippen LogP contribution is 2.33. The van der Waals surface area contributed by atoms with Crippen LogP contribution in [0.15, 0.2) is 24.3 Å². The number of alkyl halides is 2. The third-order valence-corrected chi connectivity index (χ3v) is 9.27. The minimum Gasteiger partial charge on any atom is -0.395 e. The summed E-state index contributed by atoms with van der Waals surface area (Å²) in [4.78, 5) is 21.4. The van der Waals surface area contributed by atoms with Crippen molar-refractivity contribution in [2.45, 2.75) is 131 Å². The van der Waals surface area contributed by atoms with Gasteiger partial charge in [0.25, 0.3) is 0 Å². The van der Waals surface area contributed by atoms with Crippen LogP contribution >= 0.6 is 23.5 Å². The molecule has 1 aliphatic heterocycles. The van der Waals surface area contributed by atoms with E-state index < -0.39 is 11.3 Å². The van der Waals surface area contributed by atoms with Gasteiger partial charge in [-0.2, -0.15) is 0 Å². The van der Waals surface area contributed by atoms with Gasteiger partial charge < -0.3 is 20.5 Å². The van der Waals surface area contributed by atoms with E-state index in [1.807, 2.05) is 37.9 Å². The molecule has 6 nitrogen and oxygen atoms in total. The summed E-state index contributed by atoms with van der Waals surface area (Å²) in [6, 6.07) is 8.12. The monoisotopic (exact) mass is 677 g/mol. The first-order valence-corrected chi connectivity index (χ1v) is 18.2. The van der Waals surface area contributed by atoms with E-state index in [4.69, 9.17) is 16.7 Å². The number of carbonyl (C=O) groups excluding carboxylic acids is 2. The van der Waals surface area contributed by atoms with Crippen molar-refractivity contribution in [3.05, 3.63) is 34.9 Å². The average molecular weight is 678 g/mol. The third kappa shape index (κ3) is 20.6. The lowest BCUT2D eigenvalue weighted by atomic mass is 9.89. The van der Waals surface area contributed by atoms with Crippen LogP contribution < -0.4 is 10.6 Å². The molecule has 0 radical (unpaired) electrons. The summed E-state index contributed by atoms with van der Waals surface area (Å²) in [7, 11) is 0. The lowest BCUT2D eigenvalue weighted by Crippen LogP contribution is -2.46. The van der Waals surface area contributed by atoms with E-state index >= 15 is 0 Å². The minimum absolute atomic E-state index is 0.169. The van der Waals surface area contributed by atoms with Gasteiger partial charge in [0.1, 0.15) is 6.29 Å². The number of nitrogens with one attached hydrogen (secondary N) is 2. The van der Waals surface area contributed by atoms with Crippen LogP contribution in [0.3, 0.4) is 0 Å². The predicted octanol–water partition coefficient (Wildman–Crippen LogP) is 8.86. The molecular formula is C35H62ClF2N3O3S. The minimum atomic E-state index is -2.58. The second-order valence-electron chi connectivity index (χ2n) is 12.7. The Morgan fingerprint density at radius 3 is 2.13 bits per heavy atom. The van der Waals surface area contributed by atoms with Gasteiger partial charge in [-0.3, -0.25) is 4.79 Å². The van der Waals surface area contributed by atoms with Crippen molar-refractivity contribution in [2.24, 2.45) is 11.3 Å². The van der Waals surface area contributed by atoms with Crippen LogP contribution in [-0.4, -0.2) is 65.7 Å². The van der Waals surface area contributed by atoms with Gasteiger partial charge >= 0.3 is 0 Å². The van der Waals surface area contributed by atoms with Crippen LogP contribution in [0.2, 0.25) is 5.02 Å². The normalized spacial score (nSPS) is 18.7. The smallest absolute Gasteiger partial charge is 0.248 e. The first kappa shape index (κ1) is 43.7. The van der Waals surface area contributed by atoms with Crippen molar-refractivity contribution in [1.29, 1.82) is 0 Å². The van der Waals surface area contributed by atoms with Crippen molar-refractivity contribution < 1.29 is 23.5 Å². The summed E-state index contributed by atoms with van der Waals surface area (Å²) in [5.41, 5.74) is 0.570. The van der Waals surface area contributed by atoms with Crippen LogP contribution in [0.1, 0.15) is 124 Å². The fraction of sp³-hybridized carbons (Fsp3) is 0.771. The van der Waals surface area contributed by atoms with Gasteiger partial charge in [-0.1, -0.05) is 96.0 Å². The van der Waals surface area contributed by atoms with E-state index in [9.17, 15) is 18.4 Å². The molecule has 2 aliphatic rings. The molecule has 0 spiro atoms. The third-order valence-electron chi connectivity index (χ3n) is 7.99. The molecule has 1 heterocycles. The zero-order valence-electron chi connectivity index (χ0n) is 29.0. The average Bonchev–Trinajstić information content (AvgIpc) is 3.51. The van der Waals surface area contributed by atoms with Crippen LogP contribution in [0.4, 0.5) is 8.78 Å². The van der Waals surface area contributed by atoms with E-state index in [1.165, 1.54) is 44.2 Å². The lowest BCUT2D eigenvalue weighted by molar-refractivity contribution is -0.133. The highest BCUT2D eigenvalue weighted by atomic mass is 35.5. The summed E-state index contributed by atoms with van der Waals surface area (Å²) in [5.74, 6) is -0.908. The standard InChI is InChI=1S/C13H19ClN2S.C11H19F2NO2.C6H14.C5H10O/c1-2-15-10-17-16-8-7-12(9-16)11-3-5-13(14)6-4-11;1-10(2,7-15)9(16)14-8-3-5-11(12,13)6-4-8;1-3-5-6-4-2;1-3-5(2)4-6/h3-6,12,15H,2,7-10H2,1H3;8,15H,3-7H2,1-2H3,(H,14,16);3-6H2,1-2H3;4-5H,3H2,1-2H3/t12-;;;/m0.../s1. The van der Waals surface area contributed by atoms with Crippen molar-refractivity contribution in [3.8, 4) is 0 Å². The Labute approximate surface area is 282 Å². The quantitative estimate of drug-likeness (QED) is 0.0838. The van der Waals surface area contributed by atoms with Crippen molar-refractivity contribution in [2.75, 3.05) is 32.1 Å². The number of rotatable bonds is 13. The van der Waals surface area contributed by atoms with Gasteiger partial charge in [0.2, 0.25) is 11.8 Å². The van der Waals surface area contributed by atoms with Crippen LogP contribution in [0.5, 0.6) is 0 Å². The lowest BCUT2D eigenvalue weighted by Gasteiger charge is -2.31. The number of amides is 1. The van der Waals surface area contributed by atoms with E-state index in [0.29, 0.717) is 18.8 Å². The van der Waals surface area contributed by atoms with Gasteiger partial charge in [0, 0.05) is 42.9 Å². The number of unbranched alkanes of at least 4 members (excludes halogenated alkanes) is 3. The maximum Gasteiger partial charge on any atom is 0.248 e. The largest absolute Gasteiger partial charge is 0.395 e. The molecule has 1 saturated carbocycles. The summed E-state index contributed by atoms with van der Waals surface area (Å²) in [6.07, 6.45) is 8.99. The molecule has 45 heavy (non-hydrogen) atoms. The molecule has 1 amide bonds. The Kier molecular flexibility index (Phi) is 24.2. The Morgan fingerprint density at radius 1 is 1.11 bits per heavy atom. The summed E-state index contributed by atoms with van der Waals surface area (Å²) < 4.78 is 28.2. The van der Waals surface area contributed by atoms with E-state index in [0.717, 1.165) is 36.7 Å². The first-order chi connectivity index (χ1) is 21.3. The number of aliphatic hydroxyl groups is 1. The van der Waals surface area contributed by atoms with Crippen LogP contribution in [0, 0.1) is 11.3 Å². The molecule has 2 fully saturated rings. The van der Waals surface area contributed by atoms with Crippen LogP contribution in [0.25, 0.3) is 0 Å². The van der Waals surface area contributed by atoms with Gasteiger partial charge in [0.15, 0.2) is 0 Å². The summed E-state index contributed by atoms with van der Waals surface area (Å²) in [5, 5.41) is 15.9. The molecule has 262 valence electrons. The SMILES string of the molecule is CC(C)(CO)C(=O)NC1CCC(F)(F)CC1.CCC(C)C=O.CCCCCC.CCNCSN1CC[C@H](c2ccc(Cl)cc2)C1. The number of hydrogen-bond donors (Lipinski definition) is 3. The van der Waals surface area contributed by atoms with Gasteiger partial charge in [-0.05, 0) is 69.7 Å². The number of aldehydes is 1. The molecule has 2 atom stereocenters. The van der Waals surface area contributed by atoms with Crippen LogP contribution in [-0.2, 0) is 9.59 Å². The molecule has 3 N–H and O–H groups in total. The second-order valence-corrected chi connectivity index (χ2v) is 14.2. The molecule has 0 aromatic heterocycles. The highest BCUT2D eigenvalue weighted by molar-refractivity contribution is 7.96. The number of aliphatic hydroxyl groups excluding tert-OH is 1. The fourth-order valence-corrected chi connectivity index (χ4v) is 5.45.